The van der Waals surface area contributed by atoms with E-state index in [9.17, 15) is 4.79 Å². The molecular weight excluding hydrogens is 320 g/mol. The van der Waals surface area contributed by atoms with Crippen LogP contribution >= 0.6 is 0 Å². The van der Waals surface area contributed by atoms with Gasteiger partial charge in [0.15, 0.2) is 0 Å². The highest BCUT2D eigenvalue weighted by Crippen LogP contribution is 2.30. The number of rotatable bonds is 3. The first-order chi connectivity index (χ1) is 12.1. The number of aromatic nitrogens is 5. The van der Waals surface area contributed by atoms with Crippen molar-refractivity contribution in [2.45, 2.75) is 58.9 Å². The number of carbonyl (C=O) groups excluding carboxylic acids is 1. The van der Waals surface area contributed by atoms with E-state index in [1.54, 1.807) is 6.20 Å². The van der Waals surface area contributed by atoms with Crippen LogP contribution in [0, 0.1) is 13.8 Å². The predicted molar refractivity (Wildman–Crippen MR) is 89.9 cm³/mol. The van der Waals surface area contributed by atoms with Crippen molar-refractivity contribution in [2.24, 2.45) is 0 Å². The third-order valence-electron chi connectivity index (χ3n) is 5.45. The Morgan fingerprint density at radius 3 is 3.00 bits per heavy atom. The Morgan fingerprint density at radius 1 is 1.40 bits per heavy atom. The number of hydrogen-bond acceptors (Lipinski definition) is 5. The molecule has 2 aliphatic rings. The van der Waals surface area contributed by atoms with Crippen molar-refractivity contribution in [1.82, 2.24) is 29.7 Å². The summed E-state index contributed by atoms with van der Waals surface area (Å²) in [7, 11) is 0. The lowest BCUT2D eigenvalue weighted by Gasteiger charge is -2.41. The summed E-state index contributed by atoms with van der Waals surface area (Å²) in [5.41, 5.74) is 4.31. The number of carbonyl (C=O) groups is 1. The van der Waals surface area contributed by atoms with Crippen LogP contribution in [0.2, 0.25) is 0 Å². The maximum Gasteiger partial charge on any atom is 0.244 e. The van der Waals surface area contributed by atoms with Gasteiger partial charge in [-0.15, -0.1) is 5.10 Å². The van der Waals surface area contributed by atoms with E-state index in [0.29, 0.717) is 19.7 Å². The number of aryl methyl sites for hydroxylation is 1. The lowest BCUT2D eigenvalue weighted by Crippen LogP contribution is -2.50. The van der Waals surface area contributed by atoms with Gasteiger partial charge in [-0.1, -0.05) is 12.1 Å². The van der Waals surface area contributed by atoms with Crippen LogP contribution in [0.5, 0.6) is 0 Å². The molecule has 0 radical (unpaired) electrons. The smallest absolute Gasteiger partial charge is 0.244 e. The van der Waals surface area contributed by atoms with Crippen LogP contribution in [-0.2, 0) is 29.1 Å². The number of fused-ring (bicyclic) bond motifs is 3. The van der Waals surface area contributed by atoms with Crippen LogP contribution < -0.4 is 0 Å². The Balaban J connectivity index is 1.49. The molecule has 1 saturated heterocycles. The molecule has 0 spiro atoms. The molecule has 4 heterocycles. The van der Waals surface area contributed by atoms with Gasteiger partial charge in [0.2, 0.25) is 5.91 Å². The Labute approximate surface area is 146 Å². The Hall–Kier alpha value is -2.22. The molecule has 8 heteroatoms. The summed E-state index contributed by atoms with van der Waals surface area (Å²) in [6.07, 6.45) is 3.61. The van der Waals surface area contributed by atoms with E-state index in [2.05, 4.69) is 22.3 Å². The fourth-order valence-electron chi connectivity index (χ4n) is 4.03. The van der Waals surface area contributed by atoms with Crippen molar-refractivity contribution < 1.29 is 9.53 Å². The SMILES string of the molecule is CCc1c(C)nn(CC(=O)N2CC[C@@H]3OCc4cnnn4[C@@H]3C2)c1C. The summed E-state index contributed by atoms with van der Waals surface area (Å²) in [6, 6.07) is 0.0515. The number of likely N-dealkylation sites (tertiary alicyclic amines) is 1. The van der Waals surface area contributed by atoms with Crippen molar-refractivity contribution in [3.63, 3.8) is 0 Å². The Bertz CT molecular complexity index is 795. The van der Waals surface area contributed by atoms with Gasteiger partial charge in [-0.3, -0.25) is 9.48 Å². The van der Waals surface area contributed by atoms with Gasteiger partial charge in [0.1, 0.15) is 6.54 Å². The monoisotopic (exact) mass is 344 g/mol. The average molecular weight is 344 g/mol. The third kappa shape index (κ3) is 2.74. The Kier molecular flexibility index (Phi) is 4.07. The van der Waals surface area contributed by atoms with Gasteiger partial charge in [0.25, 0.3) is 0 Å². The van der Waals surface area contributed by atoms with Crippen molar-refractivity contribution in [3.05, 3.63) is 28.8 Å². The quantitative estimate of drug-likeness (QED) is 0.831. The Morgan fingerprint density at radius 2 is 2.24 bits per heavy atom. The molecule has 2 aliphatic heterocycles. The molecule has 1 amide bonds. The average Bonchev–Trinajstić information content (AvgIpc) is 3.19. The van der Waals surface area contributed by atoms with Crippen LogP contribution in [0.4, 0.5) is 0 Å². The van der Waals surface area contributed by atoms with Gasteiger partial charge < -0.3 is 9.64 Å². The molecule has 2 atom stereocenters. The van der Waals surface area contributed by atoms with Crippen LogP contribution in [0.1, 0.15) is 42.0 Å². The standard InChI is InChI=1S/C17H24N6O2/c1-4-14-11(2)19-22(12(14)3)9-17(24)21-6-5-16-15(8-21)23-13(10-25-16)7-18-20-23/h7,15-16H,4-6,8-10H2,1-3H3/t15-,16+/m1/s1. The molecule has 0 saturated carbocycles. The molecule has 0 aromatic carbocycles. The van der Waals surface area contributed by atoms with Crippen LogP contribution in [0.25, 0.3) is 0 Å². The molecule has 1 fully saturated rings. The lowest BCUT2D eigenvalue weighted by atomic mass is 10.0. The number of piperidine rings is 1. The molecule has 4 rings (SSSR count). The van der Waals surface area contributed by atoms with Crippen LogP contribution in [-0.4, -0.2) is 54.8 Å². The highest BCUT2D eigenvalue weighted by molar-refractivity contribution is 5.76. The van der Waals surface area contributed by atoms with E-state index in [0.717, 1.165) is 29.9 Å². The van der Waals surface area contributed by atoms with Gasteiger partial charge in [0.05, 0.1) is 36.3 Å². The van der Waals surface area contributed by atoms with E-state index in [4.69, 9.17) is 4.74 Å². The third-order valence-corrected chi connectivity index (χ3v) is 5.45. The first-order valence-electron chi connectivity index (χ1n) is 8.89. The second-order valence-electron chi connectivity index (χ2n) is 6.88. The molecular formula is C17H24N6O2. The second kappa shape index (κ2) is 6.25. The topological polar surface area (TPSA) is 78.1 Å². The summed E-state index contributed by atoms with van der Waals surface area (Å²) in [6.45, 7) is 8.32. The summed E-state index contributed by atoms with van der Waals surface area (Å²) in [5, 5.41) is 12.7. The minimum Gasteiger partial charge on any atom is -0.370 e. The highest BCUT2D eigenvalue weighted by Gasteiger charge is 2.37. The van der Waals surface area contributed by atoms with Crippen molar-refractivity contribution in [2.75, 3.05) is 13.1 Å². The van der Waals surface area contributed by atoms with E-state index < -0.39 is 0 Å². The number of ether oxygens (including phenoxy) is 1. The zero-order chi connectivity index (χ0) is 17.6. The largest absolute Gasteiger partial charge is 0.370 e. The molecule has 2 aromatic heterocycles. The number of hydrogen-bond donors (Lipinski definition) is 0. The van der Waals surface area contributed by atoms with Crippen molar-refractivity contribution in [3.8, 4) is 0 Å². The van der Waals surface area contributed by atoms with Gasteiger partial charge >= 0.3 is 0 Å². The van der Waals surface area contributed by atoms with E-state index in [1.165, 1.54) is 5.56 Å². The lowest BCUT2D eigenvalue weighted by molar-refractivity contribution is -0.138. The summed E-state index contributed by atoms with van der Waals surface area (Å²) >= 11 is 0. The first kappa shape index (κ1) is 16.3. The zero-order valence-corrected chi connectivity index (χ0v) is 15.0. The molecule has 0 aliphatic carbocycles. The second-order valence-corrected chi connectivity index (χ2v) is 6.88. The molecule has 0 bridgehead atoms. The maximum atomic E-state index is 12.8. The molecule has 25 heavy (non-hydrogen) atoms. The fourth-order valence-corrected chi connectivity index (χ4v) is 4.03. The fraction of sp³-hybridized carbons (Fsp3) is 0.647. The molecule has 134 valence electrons. The van der Waals surface area contributed by atoms with Gasteiger partial charge in [-0.2, -0.15) is 5.10 Å². The van der Waals surface area contributed by atoms with Gasteiger partial charge in [-0.05, 0) is 32.3 Å². The number of amides is 1. The van der Waals surface area contributed by atoms with E-state index in [-0.39, 0.29) is 24.6 Å². The van der Waals surface area contributed by atoms with E-state index in [1.807, 2.05) is 28.1 Å². The summed E-state index contributed by atoms with van der Waals surface area (Å²) < 4.78 is 9.67. The van der Waals surface area contributed by atoms with Crippen LogP contribution in [0.15, 0.2) is 6.20 Å². The molecule has 0 unspecified atom stereocenters. The zero-order valence-electron chi connectivity index (χ0n) is 15.0. The minimum absolute atomic E-state index is 0.0515. The van der Waals surface area contributed by atoms with Crippen molar-refractivity contribution in [1.29, 1.82) is 0 Å². The van der Waals surface area contributed by atoms with Crippen LogP contribution in [0.3, 0.4) is 0 Å². The molecule has 8 nitrogen and oxygen atoms in total. The van der Waals surface area contributed by atoms with Crippen molar-refractivity contribution >= 4 is 5.91 Å². The predicted octanol–water partition coefficient (Wildman–Crippen LogP) is 1.03. The normalized spacial score (nSPS) is 22.6. The molecule has 0 N–H and O–H groups in total. The summed E-state index contributed by atoms with van der Waals surface area (Å²) in [4.78, 5) is 14.7. The molecule has 2 aromatic rings. The maximum absolute atomic E-state index is 12.8. The van der Waals surface area contributed by atoms with Gasteiger partial charge in [-0.25, -0.2) is 4.68 Å². The number of nitrogens with zero attached hydrogens (tertiary/aromatic N) is 6. The van der Waals surface area contributed by atoms with Gasteiger partial charge in [0, 0.05) is 18.8 Å². The minimum atomic E-state index is 0.0515. The van der Waals surface area contributed by atoms with E-state index >= 15 is 0 Å². The highest BCUT2D eigenvalue weighted by atomic mass is 16.5. The summed E-state index contributed by atoms with van der Waals surface area (Å²) in [5.74, 6) is 0.0962. The first-order valence-corrected chi connectivity index (χ1v) is 8.89.